The topological polar surface area (TPSA) is 44.5 Å². The third-order valence-corrected chi connectivity index (χ3v) is 3.24. The number of ether oxygens (including phenoxy) is 2. The van der Waals surface area contributed by atoms with Crippen LogP contribution in [0.5, 0.6) is 5.75 Å². The van der Waals surface area contributed by atoms with E-state index in [2.05, 4.69) is 6.92 Å². The molecule has 114 valence electrons. The molecule has 0 amide bonds. The largest absolute Gasteiger partial charge is 0.489 e. The van der Waals surface area contributed by atoms with Gasteiger partial charge in [0.25, 0.3) is 0 Å². The maximum atomic E-state index is 6.19. The molecule has 0 heterocycles. The van der Waals surface area contributed by atoms with Crippen molar-refractivity contribution in [2.75, 3.05) is 19.8 Å². The summed E-state index contributed by atoms with van der Waals surface area (Å²) in [7, 11) is 0. The molecular formula is C15H23Cl2NO2. The quantitative estimate of drug-likeness (QED) is 0.697. The fourth-order valence-electron chi connectivity index (χ4n) is 1.82. The Bertz CT molecular complexity index is 411. The standard InChI is InChI=1S/C15H23Cl2NO2/c1-3-4-5-19-6-7-20-15-12(8-11(2)18)9-13(16)10-14(15)17/h9-11H,3-8,18H2,1-2H3. The molecular weight excluding hydrogens is 297 g/mol. The molecule has 3 nitrogen and oxygen atoms in total. The average Bonchev–Trinajstić information content (AvgIpc) is 2.35. The van der Waals surface area contributed by atoms with Crippen molar-refractivity contribution < 1.29 is 9.47 Å². The Morgan fingerprint density at radius 3 is 2.60 bits per heavy atom. The minimum atomic E-state index is 0.0210. The fourth-order valence-corrected chi connectivity index (χ4v) is 2.42. The van der Waals surface area contributed by atoms with Gasteiger partial charge in [0, 0.05) is 17.7 Å². The van der Waals surface area contributed by atoms with Crippen molar-refractivity contribution in [3.8, 4) is 5.75 Å². The van der Waals surface area contributed by atoms with E-state index in [1.807, 2.05) is 13.0 Å². The van der Waals surface area contributed by atoms with E-state index in [1.165, 1.54) is 0 Å². The van der Waals surface area contributed by atoms with Crippen LogP contribution in [-0.4, -0.2) is 25.9 Å². The molecule has 0 aromatic heterocycles. The Kier molecular flexibility index (Phi) is 8.31. The summed E-state index contributed by atoms with van der Waals surface area (Å²) in [6, 6.07) is 3.55. The average molecular weight is 320 g/mol. The fraction of sp³-hybridized carbons (Fsp3) is 0.600. The second-order valence-electron chi connectivity index (χ2n) is 4.87. The van der Waals surface area contributed by atoms with E-state index in [0.29, 0.717) is 35.4 Å². The highest BCUT2D eigenvalue weighted by Gasteiger charge is 2.12. The maximum Gasteiger partial charge on any atom is 0.141 e. The minimum Gasteiger partial charge on any atom is -0.489 e. The van der Waals surface area contributed by atoms with Crippen molar-refractivity contribution in [1.29, 1.82) is 0 Å². The molecule has 1 aromatic rings. The van der Waals surface area contributed by atoms with E-state index in [-0.39, 0.29) is 6.04 Å². The summed E-state index contributed by atoms with van der Waals surface area (Å²) in [6.07, 6.45) is 2.87. The van der Waals surface area contributed by atoms with Crippen molar-refractivity contribution >= 4 is 23.2 Å². The van der Waals surface area contributed by atoms with Gasteiger partial charge in [0.1, 0.15) is 12.4 Å². The predicted octanol–water partition coefficient (Wildman–Crippen LogP) is 4.08. The lowest BCUT2D eigenvalue weighted by Crippen LogP contribution is -2.19. The molecule has 1 unspecified atom stereocenters. The highest BCUT2D eigenvalue weighted by Crippen LogP contribution is 2.33. The number of rotatable bonds is 9. The molecule has 0 aliphatic rings. The first kappa shape index (κ1) is 17.6. The number of hydrogen-bond donors (Lipinski definition) is 1. The molecule has 0 aliphatic heterocycles. The van der Waals surface area contributed by atoms with E-state index in [4.69, 9.17) is 38.4 Å². The maximum absolute atomic E-state index is 6.19. The lowest BCUT2D eigenvalue weighted by molar-refractivity contribution is 0.0977. The Morgan fingerprint density at radius 1 is 1.20 bits per heavy atom. The molecule has 1 rings (SSSR count). The molecule has 0 spiro atoms. The van der Waals surface area contributed by atoms with Gasteiger partial charge in [-0.05, 0) is 37.5 Å². The van der Waals surface area contributed by atoms with Gasteiger partial charge in [-0.3, -0.25) is 0 Å². The van der Waals surface area contributed by atoms with Gasteiger partial charge in [-0.1, -0.05) is 36.5 Å². The van der Waals surface area contributed by atoms with Gasteiger partial charge in [0.15, 0.2) is 0 Å². The molecule has 20 heavy (non-hydrogen) atoms. The smallest absolute Gasteiger partial charge is 0.141 e. The second kappa shape index (κ2) is 9.46. The Labute approximate surface area is 131 Å². The Hall–Kier alpha value is -0.480. The monoisotopic (exact) mass is 319 g/mol. The van der Waals surface area contributed by atoms with Crippen molar-refractivity contribution in [2.24, 2.45) is 5.73 Å². The van der Waals surface area contributed by atoms with Crippen molar-refractivity contribution in [2.45, 2.75) is 39.2 Å². The zero-order chi connectivity index (χ0) is 15.0. The molecule has 2 N–H and O–H groups in total. The number of halogens is 2. The highest BCUT2D eigenvalue weighted by atomic mass is 35.5. The molecule has 0 aliphatic carbocycles. The molecule has 1 aromatic carbocycles. The van der Waals surface area contributed by atoms with Crippen LogP contribution in [0.1, 0.15) is 32.3 Å². The lowest BCUT2D eigenvalue weighted by atomic mass is 10.1. The summed E-state index contributed by atoms with van der Waals surface area (Å²) >= 11 is 12.2. The van der Waals surface area contributed by atoms with Crippen LogP contribution in [-0.2, 0) is 11.2 Å². The third kappa shape index (κ3) is 6.31. The van der Waals surface area contributed by atoms with Gasteiger partial charge in [-0.2, -0.15) is 0 Å². The van der Waals surface area contributed by atoms with Crippen molar-refractivity contribution in [1.82, 2.24) is 0 Å². The molecule has 0 bridgehead atoms. The molecule has 0 saturated heterocycles. The van der Waals surface area contributed by atoms with E-state index in [0.717, 1.165) is 25.0 Å². The van der Waals surface area contributed by atoms with Gasteiger partial charge in [0.05, 0.1) is 11.6 Å². The minimum absolute atomic E-state index is 0.0210. The first-order chi connectivity index (χ1) is 9.54. The van der Waals surface area contributed by atoms with Gasteiger partial charge >= 0.3 is 0 Å². The highest BCUT2D eigenvalue weighted by molar-refractivity contribution is 6.35. The van der Waals surface area contributed by atoms with E-state index < -0.39 is 0 Å². The van der Waals surface area contributed by atoms with Gasteiger partial charge in [0.2, 0.25) is 0 Å². The van der Waals surface area contributed by atoms with Crippen LogP contribution in [0, 0.1) is 0 Å². The van der Waals surface area contributed by atoms with Gasteiger partial charge in [-0.15, -0.1) is 0 Å². The van der Waals surface area contributed by atoms with Gasteiger partial charge in [-0.25, -0.2) is 0 Å². The second-order valence-corrected chi connectivity index (χ2v) is 5.72. The molecule has 5 heteroatoms. The summed E-state index contributed by atoms with van der Waals surface area (Å²) in [5.74, 6) is 0.660. The van der Waals surface area contributed by atoms with Crippen LogP contribution in [0.15, 0.2) is 12.1 Å². The molecule has 0 radical (unpaired) electrons. The number of unbranched alkanes of at least 4 members (excludes halogenated alkanes) is 1. The van der Waals surface area contributed by atoms with Crippen molar-refractivity contribution in [3.63, 3.8) is 0 Å². The summed E-state index contributed by atoms with van der Waals surface area (Å²) in [5, 5.41) is 1.11. The zero-order valence-corrected chi connectivity index (χ0v) is 13.6. The van der Waals surface area contributed by atoms with E-state index in [9.17, 15) is 0 Å². The van der Waals surface area contributed by atoms with Crippen LogP contribution in [0.25, 0.3) is 0 Å². The number of hydrogen-bond acceptors (Lipinski definition) is 3. The van der Waals surface area contributed by atoms with Crippen molar-refractivity contribution in [3.05, 3.63) is 27.7 Å². The third-order valence-electron chi connectivity index (χ3n) is 2.74. The zero-order valence-electron chi connectivity index (χ0n) is 12.1. The van der Waals surface area contributed by atoms with Crippen LogP contribution >= 0.6 is 23.2 Å². The SMILES string of the molecule is CCCCOCCOc1c(Cl)cc(Cl)cc1CC(C)N. The summed E-state index contributed by atoms with van der Waals surface area (Å²) in [6.45, 7) is 5.86. The molecule has 1 atom stereocenters. The summed E-state index contributed by atoms with van der Waals surface area (Å²) < 4.78 is 11.2. The van der Waals surface area contributed by atoms with Gasteiger partial charge < -0.3 is 15.2 Å². The molecule has 0 saturated carbocycles. The van der Waals surface area contributed by atoms with Crippen LogP contribution < -0.4 is 10.5 Å². The summed E-state index contributed by atoms with van der Waals surface area (Å²) in [4.78, 5) is 0. The van der Waals surface area contributed by atoms with Crippen LogP contribution in [0.2, 0.25) is 10.0 Å². The predicted molar refractivity (Wildman–Crippen MR) is 85.0 cm³/mol. The number of benzene rings is 1. The Morgan fingerprint density at radius 2 is 1.95 bits per heavy atom. The number of nitrogens with two attached hydrogens (primary N) is 1. The normalized spacial score (nSPS) is 12.4. The summed E-state index contributed by atoms with van der Waals surface area (Å²) in [5.41, 5.74) is 6.77. The lowest BCUT2D eigenvalue weighted by Gasteiger charge is -2.15. The van der Waals surface area contributed by atoms with Crippen LogP contribution in [0.3, 0.4) is 0 Å². The first-order valence-corrected chi connectivity index (χ1v) is 7.74. The Balaban J connectivity index is 2.58. The van der Waals surface area contributed by atoms with E-state index >= 15 is 0 Å². The first-order valence-electron chi connectivity index (χ1n) is 6.98. The van der Waals surface area contributed by atoms with E-state index in [1.54, 1.807) is 6.07 Å². The van der Waals surface area contributed by atoms with Crippen LogP contribution in [0.4, 0.5) is 0 Å². The molecule has 0 fully saturated rings.